The fourth-order valence-corrected chi connectivity index (χ4v) is 2.29. The fraction of sp³-hybridized carbons (Fsp3) is 0.0526. The summed E-state index contributed by atoms with van der Waals surface area (Å²) in [5.41, 5.74) is 2.77. The first kappa shape index (κ1) is 14.9. The lowest BCUT2D eigenvalue weighted by molar-refractivity contribution is -0.114. The minimum atomic E-state index is -0.345. The van der Waals surface area contributed by atoms with Crippen molar-refractivity contribution >= 4 is 23.4 Å². The zero-order valence-corrected chi connectivity index (χ0v) is 12.6. The summed E-state index contributed by atoms with van der Waals surface area (Å²) in [5, 5.41) is 5.54. The van der Waals surface area contributed by atoms with Gasteiger partial charge >= 0.3 is 0 Å². The van der Waals surface area contributed by atoms with Gasteiger partial charge in [0.2, 0.25) is 0 Å². The van der Waals surface area contributed by atoms with E-state index in [1.54, 1.807) is 13.0 Å². The molecule has 3 nitrogen and oxygen atoms in total. The molecule has 2 aromatic carbocycles. The predicted molar refractivity (Wildman–Crippen MR) is 90.6 cm³/mol. The number of carbonyl (C=O) groups excluding carboxylic acids is 1. The second kappa shape index (κ2) is 6.40. The first-order chi connectivity index (χ1) is 11.1. The second-order valence-electron chi connectivity index (χ2n) is 5.13. The van der Waals surface area contributed by atoms with E-state index in [2.05, 4.69) is 5.10 Å². The van der Waals surface area contributed by atoms with E-state index < -0.39 is 0 Å². The molecule has 3 rings (SSSR count). The van der Waals surface area contributed by atoms with E-state index in [1.165, 1.54) is 29.3 Å². The third-order valence-electron chi connectivity index (χ3n) is 3.48. The summed E-state index contributed by atoms with van der Waals surface area (Å²) in [7, 11) is 0. The summed E-state index contributed by atoms with van der Waals surface area (Å²) in [5.74, 6) is -0.561. The van der Waals surface area contributed by atoms with E-state index in [1.807, 2.05) is 42.5 Å². The van der Waals surface area contributed by atoms with Gasteiger partial charge in [-0.25, -0.2) is 4.39 Å². The van der Waals surface area contributed by atoms with Gasteiger partial charge in [-0.1, -0.05) is 42.5 Å². The molecule has 1 aliphatic rings. The third-order valence-corrected chi connectivity index (χ3v) is 3.48. The van der Waals surface area contributed by atoms with E-state index in [0.29, 0.717) is 17.0 Å². The normalized spacial score (nSPS) is 16.4. The topological polar surface area (TPSA) is 32.7 Å². The van der Waals surface area contributed by atoms with Crippen molar-refractivity contribution in [2.45, 2.75) is 6.92 Å². The van der Waals surface area contributed by atoms with Gasteiger partial charge in [-0.15, -0.1) is 0 Å². The van der Waals surface area contributed by atoms with Crippen molar-refractivity contribution in [1.29, 1.82) is 0 Å². The zero-order valence-electron chi connectivity index (χ0n) is 12.6. The molecule has 0 radical (unpaired) electrons. The van der Waals surface area contributed by atoms with Crippen molar-refractivity contribution in [3.8, 4) is 0 Å². The molecule has 0 unspecified atom stereocenters. The van der Waals surface area contributed by atoms with Crippen molar-refractivity contribution in [2.24, 2.45) is 5.10 Å². The van der Waals surface area contributed by atoms with Crippen LogP contribution in [0.2, 0.25) is 0 Å². The SMILES string of the molecule is CC1=NN(c2ccc(F)cc2)C(=O)C1=CC=Cc1ccccc1. The van der Waals surface area contributed by atoms with Gasteiger partial charge in [0.15, 0.2) is 0 Å². The fourth-order valence-electron chi connectivity index (χ4n) is 2.29. The molecule has 0 spiro atoms. The van der Waals surface area contributed by atoms with Crippen molar-refractivity contribution in [2.75, 3.05) is 5.01 Å². The predicted octanol–water partition coefficient (Wildman–Crippen LogP) is 4.19. The highest BCUT2D eigenvalue weighted by atomic mass is 19.1. The summed E-state index contributed by atoms with van der Waals surface area (Å²) in [6, 6.07) is 15.5. The number of allylic oxidation sites excluding steroid dienone is 2. The van der Waals surface area contributed by atoms with Crippen LogP contribution in [0.25, 0.3) is 6.08 Å². The van der Waals surface area contributed by atoms with Gasteiger partial charge in [0, 0.05) is 0 Å². The van der Waals surface area contributed by atoms with Crippen LogP contribution in [-0.4, -0.2) is 11.6 Å². The molecule has 0 aliphatic carbocycles. The van der Waals surface area contributed by atoms with Crippen LogP contribution >= 0.6 is 0 Å². The van der Waals surface area contributed by atoms with Crippen LogP contribution in [-0.2, 0) is 4.79 Å². The molecular weight excluding hydrogens is 291 g/mol. The number of carbonyl (C=O) groups is 1. The molecule has 0 saturated carbocycles. The number of benzene rings is 2. The maximum absolute atomic E-state index is 13.0. The summed E-state index contributed by atoms with van der Waals surface area (Å²) < 4.78 is 13.0. The molecule has 1 amide bonds. The van der Waals surface area contributed by atoms with Gasteiger partial charge in [-0.3, -0.25) is 4.79 Å². The molecule has 0 N–H and O–H groups in total. The van der Waals surface area contributed by atoms with Crippen LogP contribution in [0.1, 0.15) is 12.5 Å². The standard InChI is InChI=1S/C19H15FN2O/c1-14-18(9-5-8-15-6-3-2-4-7-15)19(23)22(21-14)17-12-10-16(20)11-13-17/h2-13H,1H3. The van der Waals surface area contributed by atoms with Crippen molar-refractivity contribution < 1.29 is 9.18 Å². The van der Waals surface area contributed by atoms with Crippen molar-refractivity contribution in [3.63, 3.8) is 0 Å². The molecule has 23 heavy (non-hydrogen) atoms. The van der Waals surface area contributed by atoms with E-state index in [4.69, 9.17) is 0 Å². The minimum Gasteiger partial charge on any atom is -0.267 e. The number of nitrogens with zero attached hydrogens (tertiary/aromatic N) is 2. The molecule has 0 fully saturated rings. The molecule has 0 aromatic heterocycles. The van der Waals surface area contributed by atoms with Gasteiger partial charge < -0.3 is 0 Å². The maximum atomic E-state index is 13.0. The lowest BCUT2D eigenvalue weighted by Crippen LogP contribution is -2.21. The highest BCUT2D eigenvalue weighted by molar-refractivity contribution is 6.29. The number of halogens is 1. The molecule has 1 aliphatic heterocycles. The summed E-state index contributed by atoms with van der Waals surface area (Å²) >= 11 is 0. The Morgan fingerprint density at radius 2 is 1.74 bits per heavy atom. The second-order valence-corrected chi connectivity index (χ2v) is 5.13. The van der Waals surface area contributed by atoms with Crippen molar-refractivity contribution in [1.82, 2.24) is 0 Å². The zero-order chi connectivity index (χ0) is 16.2. The van der Waals surface area contributed by atoms with Gasteiger partial charge in [-0.05, 0) is 42.8 Å². The van der Waals surface area contributed by atoms with E-state index >= 15 is 0 Å². The minimum absolute atomic E-state index is 0.216. The number of hydrazone groups is 1. The van der Waals surface area contributed by atoms with Crippen LogP contribution < -0.4 is 5.01 Å². The van der Waals surface area contributed by atoms with E-state index in [9.17, 15) is 9.18 Å². The van der Waals surface area contributed by atoms with Gasteiger partial charge in [0.1, 0.15) is 5.82 Å². The smallest absolute Gasteiger partial charge is 0.267 e. The maximum Gasteiger partial charge on any atom is 0.280 e. The van der Waals surface area contributed by atoms with Crippen LogP contribution in [0.3, 0.4) is 0 Å². The Morgan fingerprint density at radius 1 is 1.04 bits per heavy atom. The monoisotopic (exact) mass is 306 g/mol. The lowest BCUT2D eigenvalue weighted by atomic mass is 10.1. The Balaban J connectivity index is 1.81. The number of amides is 1. The van der Waals surface area contributed by atoms with Gasteiger partial charge in [0.25, 0.3) is 5.91 Å². The first-order valence-corrected chi connectivity index (χ1v) is 7.24. The Kier molecular flexibility index (Phi) is 4.15. The summed E-state index contributed by atoms with van der Waals surface area (Å²) in [6.45, 7) is 1.78. The molecule has 114 valence electrons. The van der Waals surface area contributed by atoms with Gasteiger partial charge in [0.05, 0.1) is 17.0 Å². The quantitative estimate of drug-likeness (QED) is 0.783. The Hall–Kier alpha value is -3.01. The number of rotatable bonds is 3. The molecular formula is C19H15FN2O. The van der Waals surface area contributed by atoms with Crippen molar-refractivity contribution in [3.05, 3.63) is 83.7 Å². The third kappa shape index (κ3) is 3.26. The average Bonchev–Trinajstić information content (AvgIpc) is 2.85. The largest absolute Gasteiger partial charge is 0.280 e. The molecule has 2 aromatic rings. The van der Waals surface area contributed by atoms with Crippen LogP contribution in [0.4, 0.5) is 10.1 Å². The van der Waals surface area contributed by atoms with Crippen LogP contribution in [0.15, 0.2) is 77.4 Å². The molecule has 0 atom stereocenters. The highest BCUT2D eigenvalue weighted by Gasteiger charge is 2.28. The van der Waals surface area contributed by atoms with Crippen LogP contribution in [0, 0.1) is 5.82 Å². The summed E-state index contributed by atoms with van der Waals surface area (Å²) in [6.07, 6.45) is 5.50. The average molecular weight is 306 g/mol. The Bertz CT molecular complexity index is 805. The van der Waals surface area contributed by atoms with Gasteiger partial charge in [-0.2, -0.15) is 10.1 Å². The Morgan fingerprint density at radius 3 is 2.43 bits per heavy atom. The van der Waals surface area contributed by atoms with E-state index in [0.717, 1.165) is 5.56 Å². The molecule has 1 heterocycles. The number of hydrogen-bond acceptors (Lipinski definition) is 2. The summed E-state index contributed by atoms with van der Waals surface area (Å²) in [4.78, 5) is 12.5. The molecule has 0 saturated heterocycles. The first-order valence-electron chi connectivity index (χ1n) is 7.24. The highest BCUT2D eigenvalue weighted by Crippen LogP contribution is 2.23. The molecule has 0 bridgehead atoms. The number of hydrogen-bond donors (Lipinski definition) is 0. The Labute approximate surface area is 134 Å². The number of anilines is 1. The molecule has 4 heteroatoms. The lowest BCUT2D eigenvalue weighted by Gasteiger charge is -2.11. The van der Waals surface area contributed by atoms with E-state index in [-0.39, 0.29) is 11.7 Å². The van der Waals surface area contributed by atoms with Crippen LogP contribution in [0.5, 0.6) is 0 Å².